The van der Waals surface area contributed by atoms with Gasteiger partial charge in [-0.3, -0.25) is 0 Å². The number of carbonyl (C=O) groups is 1. The number of halogens is 1. The summed E-state index contributed by atoms with van der Waals surface area (Å²) in [7, 11) is 1.35. The van der Waals surface area contributed by atoms with Gasteiger partial charge in [-0.1, -0.05) is 23.7 Å². The lowest BCUT2D eigenvalue weighted by molar-refractivity contribution is -0.134. The molecule has 0 atom stereocenters. The van der Waals surface area contributed by atoms with Crippen LogP contribution in [-0.4, -0.2) is 26.2 Å². The fraction of sp³-hybridized carbons (Fsp3) is 0.211. The molecular formula is C19H20ClNO3. The van der Waals surface area contributed by atoms with Gasteiger partial charge in [-0.2, -0.15) is 0 Å². The summed E-state index contributed by atoms with van der Waals surface area (Å²) >= 11 is 5.84. The molecule has 0 aliphatic heterocycles. The Balaban J connectivity index is 1.68. The molecule has 0 spiro atoms. The Morgan fingerprint density at radius 2 is 1.83 bits per heavy atom. The summed E-state index contributed by atoms with van der Waals surface area (Å²) in [5.74, 6) is 0.431. The van der Waals surface area contributed by atoms with Gasteiger partial charge in [0.05, 0.1) is 13.7 Å². The molecule has 0 aliphatic rings. The summed E-state index contributed by atoms with van der Waals surface area (Å²) in [6.07, 6.45) is 3.97. The van der Waals surface area contributed by atoms with Crippen LogP contribution in [0.25, 0.3) is 6.08 Å². The third kappa shape index (κ3) is 6.34. The molecule has 126 valence electrons. The molecule has 1 N–H and O–H groups in total. The van der Waals surface area contributed by atoms with Crippen LogP contribution in [0, 0.1) is 0 Å². The standard InChI is InChI=1S/C19H20ClNO3/c1-23-19(22)12-5-15-3-10-18(11-4-15)24-14-2-13-21-17-8-6-16(20)7-9-17/h3-12,21H,2,13-14H2,1H3. The second-order valence-corrected chi connectivity index (χ2v) is 5.50. The number of anilines is 1. The summed E-state index contributed by atoms with van der Waals surface area (Å²) in [5.41, 5.74) is 1.96. The zero-order valence-corrected chi connectivity index (χ0v) is 14.3. The van der Waals surface area contributed by atoms with Crippen LogP contribution in [0.2, 0.25) is 5.02 Å². The SMILES string of the molecule is COC(=O)C=Cc1ccc(OCCCNc2ccc(Cl)cc2)cc1. The van der Waals surface area contributed by atoms with E-state index in [4.69, 9.17) is 16.3 Å². The van der Waals surface area contributed by atoms with Gasteiger partial charge in [0.25, 0.3) is 0 Å². The van der Waals surface area contributed by atoms with E-state index in [0.29, 0.717) is 6.61 Å². The first kappa shape index (κ1) is 17.9. The first-order chi connectivity index (χ1) is 11.7. The molecule has 0 heterocycles. The average Bonchev–Trinajstić information content (AvgIpc) is 2.62. The molecule has 2 aromatic rings. The minimum absolute atomic E-state index is 0.372. The molecule has 0 saturated carbocycles. The number of esters is 1. The molecule has 5 heteroatoms. The average molecular weight is 346 g/mol. The lowest BCUT2D eigenvalue weighted by Crippen LogP contribution is -2.07. The molecular weight excluding hydrogens is 326 g/mol. The Bertz CT molecular complexity index is 666. The van der Waals surface area contributed by atoms with Crippen LogP contribution >= 0.6 is 11.6 Å². The topological polar surface area (TPSA) is 47.6 Å². The molecule has 0 aliphatic carbocycles. The van der Waals surface area contributed by atoms with Crippen molar-refractivity contribution < 1.29 is 14.3 Å². The normalized spacial score (nSPS) is 10.6. The van der Waals surface area contributed by atoms with Crippen LogP contribution < -0.4 is 10.1 Å². The van der Waals surface area contributed by atoms with Crippen molar-refractivity contribution in [1.29, 1.82) is 0 Å². The summed E-state index contributed by atoms with van der Waals surface area (Å²) in [5, 5.41) is 4.04. The van der Waals surface area contributed by atoms with E-state index in [2.05, 4.69) is 10.1 Å². The van der Waals surface area contributed by atoms with Gasteiger partial charge in [0.1, 0.15) is 5.75 Å². The molecule has 4 nitrogen and oxygen atoms in total. The molecule has 0 amide bonds. The zero-order chi connectivity index (χ0) is 17.2. The van der Waals surface area contributed by atoms with Crippen LogP contribution in [0.4, 0.5) is 5.69 Å². The minimum Gasteiger partial charge on any atom is -0.494 e. The number of ether oxygens (including phenoxy) is 2. The molecule has 0 aromatic heterocycles. The van der Waals surface area contributed by atoms with Crippen molar-refractivity contribution in [3.8, 4) is 5.75 Å². The van der Waals surface area contributed by atoms with Crippen LogP contribution in [0.3, 0.4) is 0 Å². The number of hydrogen-bond donors (Lipinski definition) is 1. The molecule has 24 heavy (non-hydrogen) atoms. The quantitative estimate of drug-likeness (QED) is 0.437. The highest BCUT2D eigenvalue weighted by Crippen LogP contribution is 2.15. The third-order valence-corrected chi connectivity index (χ3v) is 3.51. The number of rotatable bonds is 8. The third-order valence-electron chi connectivity index (χ3n) is 3.26. The maximum absolute atomic E-state index is 11.0. The van der Waals surface area contributed by atoms with Crippen molar-refractivity contribution in [2.75, 3.05) is 25.6 Å². The van der Waals surface area contributed by atoms with Gasteiger partial charge >= 0.3 is 5.97 Å². The van der Waals surface area contributed by atoms with E-state index in [1.54, 1.807) is 6.08 Å². The van der Waals surface area contributed by atoms with E-state index in [1.165, 1.54) is 13.2 Å². The highest BCUT2D eigenvalue weighted by molar-refractivity contribution is 6.30. The molecule has 0 radical (unpaired) electrons. The number of carbonyl (C=O) groups excluding carboxylic acids is 1. The Morgan fingerprint density at radius 3 is 2.50 bits per heavy atom. The van der Waals surface area contributed by atoms with Crippen molar-refractivity contribution in [3.05, 3.63) is 65.2 Å². The van der Waals surface area contributed by atoms with Gasteiger partial charge in [-0.05, 0) is 54.5 Å². The molecule has 0 unspecified atom stereocenters. The van der Waals surface area contributed by atoms with Crippen molar-refractivity contribution >= 4 is 29.3 Å². The number of hydrogen-bond acceptors (Lipinski definition) is 4. The monoisotopic (exact) mass is 345 g/mol. The van der Waals surface area contributed by atoms with Gasteiger partial charge in [0.2, 0.25) is 0 Å². The first-order valence-electron chi connectivity index (χ1n) is 7.66. The number of methoxy groups -OCH3 is 1. The van der Waals surface area contributed by atoms with Gasteiger partial charge in [-0.15, -0.1) is 0 Å². The highest BCUT2D eigenvalue weighted by atomic mass is 35.5. The van der Waals surface area contributed by atoms with E-state index < -0.39 is 0 Å². The summed E-state index contributed by atoms with van der Waals surface area (Å²) in [4.78, 5) is 11.0. The Hall–Kier alpha value is -2.46. The summed E-state index contributed by atoms with van der Waals surface area (Å²) in [6, 6.07) is 15.1. The largest absolute Gasteiger partial charge is 0.494 e. The van der Waals surface area contributed by atoms with E-state index in [0.717, 1.165) is 35.0 Å². The van der Waals surface area contributed by atoms with Crippen LogP contribution in [0.1, 0.15) is 12.0 Å². The van der Waals surface area contributed by atoms with Crippen molar-refractivity contribution in [1.82, 2.24) is 0 Å². The lowest BCUT2D eigenvalue weighted by Gasteiger charge is -2.08. The first-order valence-corrected chi connectivity index (χ1v) is 8.03. The van der Waals surface area contributed by atoms with Crippen molar-refractivity contribution in [3.63, 3.8) is 0 Å². The Labute approximate surface area is 147 Å². The zero-order valence-electron chi connectivity index (χ0n) is 13.5. The smallest absolute Gasteiger partial charge is 0.330 e. The molecule has 0 saturated heterocycles. The van der Waals surface area contributed by atoms with Crippen molar-refractivity contribution in [2.24, 2.45) is 0 Å². The second kappa shape index (κ2) is 9.63. The summed E-state index contributed by atoms with van der Waals surface area (Å²) < 4.78 is 10.2. The Morgan fingerprint density at radius 1 is 1.12 bits per heavy atom. The lowest BCUT2D eigenvalue weighted by atomic mass is 10.2. The molecule has 0 bridgehead atoms. The predicted molar refractivity (Wildman–Crippen MR) is 97.5 cm³/mol. The predicted octanol–water partition coefficient (Wildman–Crippen LogP) is 4.41. The second-order valence-electron chi connectivity index (χ2n) is 5.06. The van der Waals surface area contributed by atoms with E-state index >= 15 is 0 Å². The number of nitrogens with one attached hydrogen (secondary N) is 1. The molecule has 2 rings (SSSR count). The summed E-state index contributed by atoms with van der Waals surface area (Å²) in [6.45, 7) is 1.44. The van der Waals surface area contributed by atoms with Crippen molar-refractivity contribution in [2.45, 2.75) is 6.42 Å². The van der Waals surface area contributed by atoms with E-state index in [9.17, 15) is 4.79 Å². The van der Waals surface area contributed by atoms with Crippen LogP contribution in [0.5, 0.6) is 5.75 Å². The Kier molecular flexibility index (Phi) is 7.18. The minimum atomic E-state index is -0.372. The fourth-order valence-electron chi connectivity index (χ4n) is 1.97. The fourth-order valence-corrected chi connectivity index (χ4v) is 2.10. The van der Waals surface area contributed by atoms with E-state index in [1.807, 2.05) is 48.5 Å². The maximum atomic E-state index is 11.0. The van der Waals surface area contributed by atoms with E-state index in [-0.39, 0.29) is 5.97 Å². The van der Waals surface area contributed by atoms with Crippen LogP contribution in [0.15, 0.2) is 54.6 Å². The van der Waals surface area contributed by atoms with Gasteiger partial charge in [0, 0.05) is 23.3 Å². The van der Waals surface area contributed by atoms with Gasteiger partial charge < -0.3 is 14.8 Å². The molecule has 2 aromatic carbocycles. The van der Waals surface area contributed by atoms with Gasteiger partial charge in [-0.25, -0.2) is 4.79 Å². The molecule has 0 fully saturated rings. The van der Waals surface area contributed by atoms with Gasteiger partial charge in [0.15, 0.2) is 0 Å². The maximum Gasteiger partial charge on any atom is 0.330 e. The highest BCUT2D eigenvalue weighted by Gasteiger charge is 1.96. The van der Waals surface area contributed by atoms with Crippen LogP contribution in [-0.2, 0) is 9.53 Å². The number of benzene rings is 2.